The highest BCUT2D eigenvalue weighted by molar-refractivity contribution is 5.97. The van der Waals surface area contributed by atoms with Gasteiger partial charge < -0.3 is 10.6 Å². The monoisotopic (exact) mass is 218 g/mol. The molecular formula is C13H18N2O. The molecule has 1 aromatic rings. The second-order valence-electron chi connectivity index (χ2n) is 4.57. The van der Waals surface area contributed by atoms with Crippen LogP contribution in [0.25, 0.3) is 0 Å². The minimum Gasteiger partial charge on any atom is -0.337 e. The summed E-state index contributed by atoms with van der Waals surface area (Å²) in [5.41, 5.74) is 8.76. The van der Waals surface area contributed by atoms with Crippen molar-refractivity contribution in [2.75, 3.05) is 13.1 Å². The van der Waals surface area contributed by atoms with Crippen LogP contribution in [0, 0.1) is 13.8 Å². The van der Waals surface area contributed by atoms with E-state index in [2.05, 4.69) is 0 Å². The van der Waals surface area contributed by atoms with Crippen LogP contribution in [-0.2, 0) is 0 Å². The van der Waals surface area contributed by atoms with E-state index in [0.29, 0.717) is 6.54 Å². The molecule has 0 unspecified atom stereocenters. The first-order valence-electron chi connectivity index (χ1n) is 5.70. The number of nitrogens with two attached hydrogens (primary N) is 1. The topological polar surface area (TPSA) is 46.3 Å². The Hall–Kier alpha value is -1.35. The maximum Gasteiger partial charge on any atom is 0.254 e. The van der Waals surface area contributed by atoms with Gasteiger partial charge in [0.05, 0.1) is 0 Å². The largest absolute Gasteiger partial charge is 0.337 e. The smallest absolute Gasteiger partial charge is 0.254 e. The van der Waals surface area contributed by atoms with Crippen LogP contribution >= 0.6 is 0 Å². The van der Waals surface area contributed by atoms with E-state index in [9.17, 15) is 4.79 Å². The lowest BCUT2D eigenvalue weighted by molar-refractivity contribution is 0.0789. The predicted octanol–water partition coefficient (Wildman–Crippen LogP) is 1.48. The van der Waals surface area contributed by atoms with E-state index in [1.807, 2.05) is 36.9 Å². The molecule has 16 heavy (non-hydrogen) atoms. The highest BCUT2D eigenvalue weighted by Crippen LogP contribution is 2.18. The average Bonchev–Trinajstić information content (AvgIpc) is 2.64. The zero-order valence-electron chi connectivity index (χ0n) is 9.86. The third kappa shape index (κ3) is 1.95. The number of hydrogen-bond acceptors (Lipinski definition) is 2. The number of likely N-dealkylation sites (tertiary alicyclic amines) is 1. The lowest BCUT2D eigenvalue weighted by atomic mass is 10.0. The Kier molecular flexibility index (Phi) is 2.97. The summed E-state index contributed by atoms with van der Waals surface area (Å²) in [6.45, 7) is 5.44. The summed E-state index contributed by atoms with van der Waals surface area (Å²) in [4.78, 5) is 14.2. The molecule has 1 aliphatic heterocycles. The van der Waals surface area contributed by atoms with Gasteiger partial charge in [-0.2, -0.15) is 0 Å². The first-order chi connectivity index (χ1) is 7.59. The van der Waals surface area contributed by atoms with Gasteiger partial charge in [-0.05, 0) is 31.4 Å². The van der Waals surface area contributed by atoms with Gasteiger partial charge in [0.15, 0.2) is 0 Å². The van der Waals surface area contributed by atoms with E-state index in [4.69, 9.17) is 5.73 Å². The molecule has 1 saturated heterocycles. The number of benzene rings is 1. The summed E-state index contributed by atoms with van der Waals surface area (Å²) in [5.74, 6) is 0.128. The first-order valence-corrected chi connectivity index (χ1v) is 5.70. The molecule has 2 N–H and O–H groups in total. The molecular weight excluding hydrogens is 200 g/mol. The number of rotatable bonds is 1. The highest BCUT2D eigenvalue weighted by Gasteiger charge is 2.26. The average molecular weight is 218 g/mol. The molecule has 0 spiro atoms. The van der Waals surface area contributed by atoms with Gasteiger partial charge in [-0.1, -0.05) is 18.2 Å². The maximum absolute atomic E-state index is 12.3. The van der Waals surface area contributed by atoms with Crippen molar-refractivity contribution in [1.82, 2.24) is 4.90 Å². The van der Waals surface area contributed by atoms with Crippen molar-refractivity contribution in [3.8, 4) is 0 Å². The quantitative estimate of drug-likeness (QED) is 0.776. The van der Waals surface area contributed by atoms with E-state index in [0.717, 1.165) is 29.7 Å². The van der Waals surface area contributed by atoms with Crippen molar-refractivity contribution >= 4 is 5.91 Å². The Labute approximate surface area is 96.2 Å². The van der Waals surface area contributed by atoms with Crippen LogP contribution < -0.4 is 5.73 Å². The molecule has 0 saturated carbocycles. The Morgan fingerprint density at radius 2 is 2.00 bits per heavy atom. The van der Waals surface area contributed by atoms with E-state index < -0.39 is 0 Å². The highest BCUT2D eigenvalue weighted by atomic mass is 16.2. The zero-order valence-corrected chi connectivity index (χ0v) is 9.86. The molecule has 1 aromatic carbocycles. The van der Waals surface area contributed by atoms with Crippen LogP contribution in [0.2, 0.25) is 0 Å². The molecule has 1 aliphatic rings. The molecule has 2 rings (SSSR count). The van der Waals surface area contributed by atoms with Gasteiger partial charge in [0.25, 0.3) is 5.91 Å². The van der Waals surface area contributed by atoms with Crippen molar-refractivity contribution in [2.45, 2.75) is 26.3 Å². The maximum atomic E-state index is 12.3. The number of carbonyl (C=O) groups excluding carboxylic acids is 1. The van der Waals surface area contributed by atoms with E-state index >= 15 is 0 Å². The standard InChI is InChI=1S/C13H18N2O/c1-9-4-3-5-10(2)12(9)13(16)15-7-6-11(14)8-15/h3-5,11H,6-8,14H2,1-2H3/t11-/m0/s1. The predicted molar refractivity (Wildman–Crippen MR) is 64.4 cm³/mol. The number of hydrogen-bond donors (Lipinski definition) is 1. The summed E-state index contributed by atoms with van der Waals surface area (Å²) in [5, 5.41) is 0. The van der Waals surface area contributed by atoms with Gasteiger partial charge >= 0.3 is 0 Å². The van der Waals surface area contributed by atoms with Crippen LogP contribution in [0.4, 0.5) is 0 Å². The van der Waals surface area contributed by atoms with Crippen LogP contribution in [0.3, 0.4) is 0 Å². The third-order valence-corrected chi connectivity index (χ3v) is 3.21. The summed E-state index contributed by atoms with van der Waals surface area (Å²) >= 11 is 0. The van der Waals surface area contributed by atoms with E-state index in [1.165, 1.54) is 0 Å². The van der Waals surface area contributed by atoms with Crippen molar-refractivity contribution in [1.29, 1.82) is 0 Å². The molecule has 0 aromatic heterocycles. The second kappa shape index (κ2) is 4.26. The van der Waals surface area contributed by atoms with Gasteiger partial charge in [-0.25, -0.2) is 0 Å². The fourth-order valence-electron chi connectivity index (χ4n) is 2.28. The molecule has 86 valence electrons. The Balaban J connectivity index is 2.27. The van der Waals surface area contributed by atoms with Crippen molar-refractivity contribution in [3.63, 3.8) is 0 Å². The zero-order chi connectivity index (χ0) is 11.7. The van der Waals surface area contributed by atoms with Crippen LogP contribution in [0.15, 0.2) is 18.2 Å². The SMILES string of the molecule is Cc1cccc(C)c1C(=O)N1CC[C@H](N)C1. The Morgan fingerprint density at radius 1 is 1.38 bits per heavy atom. The van der Waals surface area contributed by atoms with Gasteiger partial charge in [0.1, 0.15) is 0 Å². The molecule has 3 nitrogen and oxygen atoms in total. The fourth-order valence-corrected chi connectivity index (χ4v) is 2.28. The number of amides is 1. The van der Waals surface area contributed by atoms with Crippen molar-refractivity contribution < 1.29 is 4.79 Å². The van der Waals surface area contributed by atoms with Crippen molar-refractivity contribution in [2.24, 2.45) is 5.73 Å². The summed E-state index contributed by atoms with van der Waals surface area (Å²) in [7, 11) is 0. The second-order valence-corrected chi connectivity index (χ2v) is 4.57. The third-order valence-electron chi connectivity index (χ3n) is 3.21. The molecule has 1 heterocycles. The normalized spacial score (nSPS) is 20.2. The minimum atomic E-state index is 0.128. The van der Waals surface area contributed by atoms with Gasteiger partial charge in [-0.3, -0.25) is 4.79 Å². The fraction of sp³-hybridized carbons (Fsp3) is 0.462. The number of carbonyl (C=O) groups is 1. The number of nitrogens with zero attached hydrogens (tertiary/aromatic N) is 1. The summed E-state index contributed by atoms with van der Waals surface area (Å²) in [6.07, 6.45) is 0.913. The number of aryl methyl sites for hydroxylation is 2. The Morgan fingerprint density at radius 3 is 2.50 bits per heavy atom. The van der Waals surface area contributed by atoms with Crippen LogP contribution in [-0.4, -0.2) is 29.9 Å². The van der Waals surface area contributed by atoms with Crippen molar-refractivity contribution in [3.05, 3.63) is 34.9 Å². The molecule has 1 fully saturated rings. The van der Waals surface area contributed by atoms with Gasteiger partial charge in [-0.15, -0.1) is 0 Å². The van der Waals surface area contributed by atoms with Gasteiger partial charge in [0, 0.05) is 24.7 Å². The lowest BCUT2D eigenvalue weighted by Crippen LogP contribution is -2.32. The first kappa shape index (κ1) is 11.1. The molecule has 0 aliphatic carbocycles. The summed E-state index contributed by atoms with van der Waals surface area (Å²) < 4.78 is 0. The minimum absolute atomic E-state index is 0.128. The molecule has 1 amide bonds. The van der Waals surface area contributed by atoms with Gasteiger partial charge in [0.2, 0.25) is 0 Å². The van der Waals surface area contributed by atoms with E-state index in [1.54, 1.807) is 0 Å². The molecule has 1 atom stereocenters. The molecule has 0 radical (unpaired) electrons. The molecule has 3 heteroatoms. The van der Waals surface area contributed by atoms with Crippen LogP contribution in [0.5, 0.6) is 0 Å². The van der Waals surface area contributed by atoms with E-state index in [-0.39, 0.29) is 11.9 Å². The summed E-state index contributed by atoms with van der Waals surface area (Å²) in [6, 6.07) is 6.09. The van der Waals surface area contributed by atoms with Crippen LogP contribution in [0.1, 0.15) is 27.9 Å². The Bertz CT molecular complexity index is 394. The molecule has 0 bridgehead atoms. The lowest BCUT2D eigenvalue weighted by Gasteiger charge is -2.18.